The van der Waals surface area contributed by atoms with Gasteiger partial charge < -0.3 is 14.9 Å². The number of allylic oxidation sites excluding steroid dienone is 3. The van der Waals surface area contributed by atoms with Crippen LogP contribution in [0.3, 0.4) is 0 Å². The minimum absolute atomic E-state index is 0.149. The monoisotopic (exact) mass is 503 g/mol. The summed E-state index contributed by atoms with van der Waals surface area (Å²) in [6.45, 7) is 3.36. The van der Waals surface area contributed by atoms with E-state index < -0.39 is 29.5 Å². The number of carbonyl (C=O) groups excluding carboxylic acids is 2. The largest absolute Gasteiger partial charge is 0.497 e. The van der Waals surface area contributed by atoms with Crippen LogP contribution < -0.4 is 4.74 Å². The molecule has 0 spiro atoms. The van der Waals surface area contributed by atoms with Gasteiger partial charge in [0, 0.05) is 22.5 Å². The minimum Gasteiger partial charge on any atom is -0.497 e. The third-order valence-corrected chi connectivity index (χ3v) is 9.08. The van der Waals surface area contributed by atoms with E-state index in [0.717, 1.165) is 41.8 Å². The molecule has 0 saturated heterocycles. The lowest BCUT2D eigenvalue weighted by atomic mass is 9.52. The fraction of sp³-hybridized carbons (Fsp3) is 0.467. The zero-order chi connectivity index (χ0) is 26.1. The summed E-state index contributed by atoms with van der Waals surface area (Å²) in [7, 11) is 1.63. The fourth-order valence-electron chi connectivity index (χ4n) is 7.15. The van der Waals surface area contributed by atoms with E-state index in [-0.39, 0.29) is 18.1 Å². The van der Waals surface area contributed by atoms with Crippen molar-refractivity contribution in [3.05, 3.63) is 75.5 Å². The molecule has 0 aromatic heterocycles. The van der Waals surface area contributed by atoms with Gasteiger partial charge in [0.15, 0.2) is 17.2 Å². The van der Waals surface area contributed by atoms with E-state index in [0.29, 0.717) is 24.1 Å². The molecule has 0 radical (unpaired) electrons. The zero-order valence-electron chi connectivity index (χ0n) is 21.5. The van der Waals surface area contributed by atoms with Crippen LogP contribution >= 0.6 is 0 Å². The van der Waals surface area contributed by atoms with Crippen molar-refractivity contribution in [1.29, 1.82) is 0 Å². The highest BCUT2D eigenvalue weighted by atomic mass is 16.7. The van der Waals surface area contributed by atoms with Gasteiger partial charge in [0.25, 0.3) is 0 Å². The predicted molar refractivity (Wildman–Crippen MR) is 136 cm³/mol. The Morgan fingerprint density at radius 1 is 1.19 bits per heavy atom. The molecule has 7 heteroatoms. The van der Waals surface area contributed by atoms with Crippen LogP contribution in [0.25, 0.3) is 0 Å². The lowest BCUT2D eigenvalue weighted by molar-refractivity contribution is -0.254. The summed E-state index contributed by atoms with van der Waals surface area (Å²) in [6.07, 6.45) is 6.44. The van der Waals surface area contributed by atoms with E-state index in [9.17, 15) is 19.8 Å². The van der Waals surface area contributed by atoms with Crippen molar-refractivity contribution < 1.29 is 29.4 Å². The summed E-state index contributed by atoms with van der Waals surface area (Å²) >= 11 is 0. The molecule has 1 aliphatic heterocycles. The van der Waals surface area contributed by atoms with Crippen molar-refractivity contribution >= 4 is 11.6 Å². The number of benzene rings is 1. The molecule has 1 aromatic rings. The smallest absolute Gasteiger partial charge is 0.198 e. The molecule has 1 heterocycles. The average molecular weight is 504 g/mol. The number of carbonyl (C=O) groups is 2. The van der Waals surface area contributed by atoms with Crippen LogP contribution in [0.2, 0.25) is 0 Å². The second kappa shape index (κ2) is 8.51. The van der Waals surface area contributed by atoms with E-state index >= 15 is 0 Å². The molecule has 4 atom stereocenters. The van der Waals surface area contributed by atoms with Gasteiger partial charge in [-0.1, -0.05) is 37.6 Å². The third kappa shape index (κ3) is 3.30. The molecule has 2 N–H and O–H groups in total. The van der Waals surface area contributed by atoms with Gasteiger partial charge in [0.1, 0.15) is 12.4 Å². The number of nitrogens with zero attached hydrogens (tertiary/aromatic N) is 1. The van der Waals surface area contributed by atoms with E-state index in [1.165, 1.54) is 11.1 Å². The number of ether oxygens (including phenoxy) is 1. The second-order valence-electron chi connectivity index (χ2n) is 11.1. The van der Waals surface area contributed by atoms with Gasteiger partial charge in [0.05, 0.1) is 25.5 Å². The molecule has 0 saturated carbocycles. The maximum absolute atomic E-state index is 13.9. The molecule has 0 bridgehead atoms. The molecule has 0 fully saturated rings. The van der Waals surface area contributed by atoms with Crippen LogP contribution in [-0.4, -0.2) is 52.3 Å². The van der Waals surface area contributed by atoms with Crippen molar-refractivity contribution in [2.75, 3.05) is 13.7 Å². The van der Waals surface area contributed by atoms with Crippen molar-refractivity contribution in [3.8, 4) is 5.75 Å². The SMILES string of the molecule is COc1ccc(CN2O[C@@]3(C(=O)CO)C(=CC(=O)C4=C[C@H](C)[C@@H](O)C[C@@]43C)C3=C2C2=C(CCC2)C3)cc1. The lowest BCUT2D eigenvalue weighted by Gasteiger charge is -2.57. The van der Waals surface area contributed by atoms with Crippen LogP contribution in [0.1, 0.15) is 51.5 Å². The first-order valence-electron chi connectivity index (χ1n) is 13.1. The summed E-state index contributed by atoms with van der Waals surface area (Å²) in [4.78, 5) is 34.3. The van der Waals surface area contributed by atoms with E-state index in [2.05, 4.69) is 0 Å². The number of fused-ring (bicyclic) bond motifs is 5. The van der Waals surface area contributed by atoms with E-state index in [1.807, 2.05) is 43.2 Å². The van der Waals surface area contributed by atoms with Crippen molar-refractivity contribution in [1.82, 2.24) is 5.06 Å². The number of Topliss-reactive ketones (excluding diaryl/α,β-unsaturated/α-hetero) is 1. The molecule has 37 heavy (non-hydrogen) atoms. The van der Waals surface area contributed by atoms with Crippen LogP contribution in [0.5, 0.6) is 5.75 Å². The Labute approximate surface area is 216 Å². The third-order valence-electron chi connectivity index (χ3n) is 9.08. The molecule has 1 aromatic carbocycles. The lowest BCUT2D eigenvalue weighted by Crippen LogP contribution is -2.66. The molecule has 6 rings (SSSR count). The maximum Gasteiger partial charge on any atom is 0.198 e. The van der Waals surface area contributed by atoms with E-state index in [1.54, 1.807) is 19.3 Å². The molecule has 0 unspecified atom stereocenters. The number of hydroxylamine groups is 2. The van der Waals surface area contributed by atoms with E-state index in [4.69, 9.17) is 9.57 Å². The highest BCUT2D eigenvalue weighted by Gasteiger charge is 2.67. The molecule has 4 aliphatic carbocycles. The van der Waals surface area contributed by atoms with Gasteiger partial charge in [0.2, 0.25) is 0 Å². The Bertz CT molecular complexity index is 1320. The number of hydrogen-bond donors (Lipinski definition) is 2. The predicted octanol–water partition coefficient (Wildman–Crippen LogP) is 3.72. The number of ketones is 2. The molecule has 5 aliphatic rings. The number of methoxy groups -OCH3 is 1. The maximum atomic E-state index is 13.9. The molecular weight excluding hydrogens is 470 g/mol. The number of aliphatic hydroxyl groups is 2. The van der Waals surface area contributed by atoms with Gasteiger partial charge in [-0.05, 0) is 67.0 Å². The molecular formula is C30H33NO6. The molecule has 194 valence electrons. The second-order valence-corrected chi connectivity index (χ2v) is 11.1. The van der Waals surface area contributed by atoms with Gasteiger partial charge in [-0.15, -0.1) is 0 Å². The topological polar surface area (TPSA) is 96.3 Å². The number of aliphatic hydroxyl groups excluding tert-OH is 2. The Morgan fingerprint density at radius 2 is 1.95 bits per heavy atom. The van der Waals surface area contributed by atoms with Crippen LogP contribution in [0.4, 0.5) is 0 Å². The van der Waals surface area contributed by atoms with Crippen molar-refractivity contribution in [2.45, 2.75) is 64.2 Å². The standard InChI is InChI=1S/C30H33NO6/c1-17-11-24-25(33)13-23-22-12-19-5-4-6-21(19)28(22)31(15-18-7-9-20(36-3)10-8-18)37-30(23,27(35)16-32)29(24,2)14-26(17)34/h7-11,13,17,26,32,34H,4-6,12,14-16H2,1-3H3/t17-,26-,29-,30+/m0/s1. The van der Waals surface area contributed by atoms with Gasteiger partial charge in [-0.2, -0.15) is 0 Å². The summed E-state index contributed by atoms with van der Waals surface area (Å²) < 4.78 is 5.32. The van der Waals surface area contributed by atoms with Crippen LogP contribution in [-0.2, 0) is 21.0 Å². The average Bonchev–Trinajstić information content (AvgIpc) is 3.48. The Morgan fingerprint density at radius 3 is 2.65 bits per heavy atom. The Hall–Kier alpha value is -3.00. The summed E-state index contributed by atoms with van der Waals surface area (Å²) in [6, 6.07) is 7.72. The van der Waals surface area contributed by atoms with Gasteiger partial charge in [-0.3, -0.25) is 14.4 Å². The minimum atomic E-state index is -1.62. The first kappa shape index (κ1) is 24.3. The highest BCUT2D eigenvalue weighted by Crippen LogP contribution is 2.62. The summed E-state index contributed by atoms with van der Waals surface area (Å²) in [5.74, 6) is -0.127. The van der Waals surface area contributed by atoms with Crippen molar-refractivity contribution in [3.63, 3.8) is 0 Å². The normalized spacial score (nSPS) is 32.5. The van der Waals surface area contributed by atoms with Crippen LogP contribution in [0.15, 0.2) is 70.0 Å². The zero-order valence-corrected chi connectivity index (χ0v) is 21.5. The molecule has 7 nitrogen and oxygen atoms in total. The number of hydrogen-bond acceptors (Lipinski definition) is 7. The quantitative estimate of drug-likeness (QED) is 0.632. The Balaban J connectivity index is 1.56. The van der Waals surface area contributed by atoms with Gasteiger partial charge >= 0.3 is 0 Å². The summed E-state index contributed by atoms with van der Waals surface area (Å²) in [5.41, 5.74) is 3.71. The highest BCUT2D eigenvalue weighted by molar-refractivity contribution is 6.12. The summed E-state index contributed by atoms with van der Waals surface area (Å²) in [5, 5.41) is 23.0. The molecule has 0 amide bonds. The fourth-order valence-corrected chi connectivity index (χ4v) is 7.15. The van der Waals surface area contributed by atoms with Crippen LogP contribution in [0, 0.1) is 11.3 Å². The first-order valence-corrected chi connectivity index (χ1v) is 13.1. The number of rotatable bonds is 5. The van der Waals surface area contributed by atoms with Crippen molar-refractivity contribution in [2.24, 2.45) is 11.3 Å². The first-order chi connectivity index (χ1) is 17.7. The van der Waals surface area contributed by atoms with Gasteiger partial charge in [-0.25, -0.2) is 5.06 Å². The Kier molecular flexibility index (Phi) is 5.60.